The standard InChI is InChI=1S/C10H17N5O2/c1-14(5-7-4-13-15(2)6-7)10(17)8(11)3-9(12)16/h4,6,8H,3,5,11H2,1-2H3,(H2,12,16). The SMILES string of the molecule is CN(Cc1cnn(C)c1)C(=O)C(N)CC(N)=O. The first-order chi connectivity index (χ1) is 7.90. The summed E-state index contributed by atoms with van der Waals surface area (Å²) in [5.74, 6) is -0.895. The van der Waals surface area contributed by atoms with Gasteiger partial charge in [0.25, 0.3) is 0 Å². The third kappa shape index (κ3) is 3.87. The van der Waals surface area contributed by atoms with Crippen molar-refractivity contribution in [3.63, 3.8) is 0 Å². The summed E-state index contributed by atoms with van der Waals surface area (Å²) in [4.78, 5) is 23.9. The summed E-state index contributed by atoms with van der Waals surface area (Å²) in [6, 6.07) is -0.880. The van der Waals surface area contributed by atoms with Crippen molar-refractivity contribution in [3.05, 3.63) is 18.0 Å². The van der Waals surface area contributed by atoms with E-state index in [2.05, 4.69) is 5.10 Å². The molecule has 7 heteroatoms. The Labute approximate surface area is 99.4 Å². The first-order valence-electron chi connectivity index (χ1n) is 5.16. The van der Waals surface area contributed by atoms with E-state index in [0.717, 1.165) is 5.56 Å². The van der Waals surface area contributed by atoms with Crippen LogP contribution in [0.4, 0.5) is 0 Å². The quantitative estimate of drug-likeness (QED) is 0.657. The molecule has 0 aliphatic rings. The van der Waals surface area contributed by atoms with Crippen LogP contribution < -0.4 is 11.5 Å². The molecule has 94 valence electrons. The number of aromatic nitrogens is 2. The maximum Gasteiger partial charge on any atom is 0.240 e. The van der Waals surface area contributed by atoms with Crippen molar-refractivity contribution in [1.29, 1.82) is 0 Å². The van der Waals surface area contributed by atoms with E-state index >= 15 is 0 Å². The van der Waals surface area contributed by atoms with Gasteiger partial charge in [-0.05, 0) is 0 Å². The predicted molar refractivity (Wildman–Crippen MR) is 61.5 cm³/mol. The van der Waals surface area contributed by atoms with Gasteiger partial charge in [-0.1, -0.05) is 0 Å². The molecule has 1 rings (SSSR count). The minimum Gasteiger partial charge on any atom is -0.370 e. The van der Waals surface area contributed by atoms with Crippen LogP contribution in [0.1, 0.15) is 12.0 Å². The normalized spacial score (nSPS) is 12.2. The Morgan fingerprint density at radius 3 is 2.71 bits per heavy atom. The number of hydrogen-bond acceptors (Lipinski definition) is 4. The zero-order chi connectivity index (χ0) is 13.0. The van der Waals surface area contributed by atoms with E-state index < -0.39 is 11.9 Å². The number of hydrogen-bond donors (Lipinski definition) is 2. The van der Waals surface area contributed by atoms with Crippen molar-refractivity contribution in [2.75, 3.05) is 7.05 Å². The number of amides is 2. The smallest absolute Gasteiger partial charge is 0.240 e. The molecule has 0 radical (unpaired) electrons. The van der Waals surface area contributed by atoms with Gasteiger partial charge in [-0.2, -0.15) is 5.10 Å². The minimum absolute atomic E-state index is 0.143. The molecule has 1 heterocycles. The maximum atomic E-state index is 11.8. The van der Waals surface area contributed by atoms with E-state index in [9.17, 15) is 9.59 Å². The van der Waals surface area contributed by atoms with Gasteiger partial charge in [0, 0.05) is 32.4 Å². The van der Waals surface area contributed by atoms with E-state index in [1.54, 1.807) is 25.0 Å². The average molecular weight is 239 g/mol. The monoisotopic (exact) mass is 239 g/mol. The van der Waals surface area contributed by atoms with E-state index in [0.29, 0.717) is 6.54 Å². The molecule has 0 aromatic carbocycles. The molecule has 1 atom stereocenters. The van der Waals surface area contributed by atoms with E-state index in [4.69, 9.17) is 11.5 Å². The zero-order valence-electron chi connectivity index (χ0n) is 9.96. The second kappa shape index (κ2) is 5.44. The molecule has 1 unspecified atom stereocenters. The first kappa shape index (κ1) is 13.2. The summed E-state index contributed by atoms with van der Waals surface area (Å²) in [7, 11) is 3.42. The molecule has 0 spiro atoms. The van der Waals surface area contributed by atoms with Crippen molar-refractivity contribution in [2.45, 2.75) is 19.0 Å². The molecule has 4 N–H and O–H groups in total. The highest BCUT2D eigenvalue weighted by Gasteiger charge is 2.20. The van der Waals surface area contributed by atoms with Crippen molar-refractivity contribution in [2.24, 2.45) is 18.5 Å². The van der Waals surface area contributed by atoms with Crippen molar-refractivity contribution in [3.8, 4) is 0 Å². The lowest BCUT2D eigenvalue weighted by molar-refractivity contribution is -0.133. The fourth-order valence-electron chi connectivity index (χ4n) is 1.49. The summed E-state index contributed by atoms with van der Waals surface area (Å²) < 4.78 is 1.65. The number of nitrogens with zero attached hydrogens (tertiary/aromatic N) is 3. The van der Waals surface area contributed by atoms with Gasteiger partial charge >= 0.3 is 0 Å². The summed E-state index contributed by atoms with van der Waals surface area (Å²) in [5, 5.41) is 4.00. The first-order valence-corrected chi connectivity index (χ1v) is 5.16. The summed E-state index contributed by atoms with van der Waals surface area (Å²) >= 11 is 0. The molecule has 2 amide bonds. The fraction of sp³-hybridized carbons (Fsp3) is 0.500. The Kier molecular flexibility index (Phi) is 4.22. The van der Waals surface area contributed by atoms with Gasteiger partial charge in [-0.25, -0.2) is 0 Å². The Morgan fingerprint density at radius 1 is 1.59 bits per heavy atom. The Morgan fingerprint density at radius 2 is 2.24 bits per heavy atom. The molecule has 0 saturated heterocycles. The van der Waals surface area contributed by atoms with Crippen LogP contribution in [-0.4, -0.2) is 39.6 Å². The lowest BCUT2D eigenvalue weighted by Gasteiger charge is -2.19. The van der Waals surface area contributed by atoms with Crippen LogP contribution in [-0.2, 0) is 23.2 Å². The number of nitrogens with two attached hydrogens (primary N) is 2. The number of carbonyl (C=O) groups excluding carboxylic acids is 2. The summed E-state index contributed by atoms with van der Waals surface area (Å²) in [6.45, 7) is 0.402. The van der Waals surface area contributed by atoms with Gasteiger partial charge in [0.05, 0.1) is 18.7 Å². The van der Waals surface area contributed by atoms with Crippen molar-refractivity contribution < 1.29 is 9.59 Å². The third-order valence-corrected chi connectivity index (χ3v) is 2.29. The van der Waals surface area contributed by atoms with Crippen LogP contribution in [0, 0.1) is 0 Å². The fourth-order valence-corrected chi connectivity index (χ4v) is 1.49. The Balaban J connectivity index is 2.55. The van der Waals surface area contributed by atoms with Gasteiger partial charge in [-0.15, -0.1) is 0 Å². The average Bonchev–Trinajstić information content (AvgIpc) is 2.61. The predicted octanol–water partition coefficient (Wildman–Crippen LogP) is -1.42. The van der Waals surface area contributed by atoms with Gasteiger partial charge in [0.1, 0.15) is 0 Å². The molecule has 1 aromatic heterocycles. The van der Waals surface area contributed by atoms with E-state index in [1.165, 1.54) is 4.90 Å². The Bertz CT molecular complexity index is 415. The molecule has 0 saturated carbocycles. The van der Waals surface area contributed by atoms with E-state index in [-0.39, 0.29) is 12.3 Å². The number of rotatable bonds is 5. The number of likely N-dealkylation sites (N-methyl/N-ethyl adjacent to an activating group) is 1. The van der Waals surface area contributed by atoms with E-state index in [1.807, 2.05) is 6.20 Å². The van der Waals surface area contributed by atoms with Crippen LogP contribution in [0.3, 0.4) is 0 Å². The van der Waals surface area contributed by atoms with Gasteiger partial charge in [0.15, 0.2) is 0 Å². The second-order valence-corrected chi connectivity index (χ2v) is 3.99. The second-order valence-electron chi connectivity index (χ2n) is 3.99. The van der Waals surface area contributed by atoms with Crippen molar-refractivity contribution in [1.82, 2.24) is 14.7 Å². The van der Waals surface area contributed by atoms with Gasteiger partial charge in [-0.3, -0.25) is 14.3 Å². The minimum atomic E-state index is -0.880. The maximum absolute atomic E-state index is 11.8. The van der Waals surface area contributed by atoms with Gasteiger partial charge < -0.3 is 16.4 Å². The van der Waals surface area contributed by atoms with Crippen LogP contribution >= 0.6 is 0 Å². The van der Waals surface area contributed by atoms with Crippen LogP contribution in [0.25, 0.3) is 0 Å². The Hall–Kier alpha value is -1.89. The lowest BCUT2D eigenvalue weighted by atomic mass is 10.2. The topological polar surface area (TPSA) is 107 Å². The molecule has 0 fully saturated rings. The molecule has 7 nitrogen and oxygen atoms in total. The summed E-state index contributed by atoms with van der Waals surface area (Å²) in [5.41, 5.74) is 11.4. The molecule has 17 heavy (non-hydrogen) atoms. The highest BCUT2D eigenvalue weighted by Crippen LogP contribution is 2.03. The molecular formula is C10H17N5O2. The number of aryl methyl sites for hydroxylation is 1. The molecule has 1 aromatic rings. The molecular weight excluding hydrogens is 222 g/mol. The highest BCUT2D eigenvalue weighted by molar-refractivity contribution is 5.87. The van der Waals surface area contributed by atoms with Crippen molar-refractivity contribution >= 4 is 11.8 Å². The zero-order valence-corrected chi connectivity index (χ0v) is 9.96. The number of primary amides is 1. The molecule has 0 bridgehead atoms. The summed E-state index contributed by atoms with van der Waals surface area (Å²) in [6.07, 6.45) is 3.34. The van der Waals surface area contributed by atoms with Crippen LogP contribution in [0.15, 0.2) is 12.4 Å². The number of carbonyl (C=O) groups is 2. The van der Waals surface area contributed by atoms with Crippen LogP contribution in [0.5, 0.6) is 0 Å². The van der Waals surface area contributed by atoms with Gasteiger partial charge in [0.2, 0.25) is 11.8 Å². The molecule has 0 aliphatic heterocycles. The molecule has 0 aliphatic carbocycles. The largest absolute Gasteiger partial charge is 0.370 e. The highest BCUT2D eigenvalue weighted by atomic mass is 16.2. The lowest BCUT2D eigenvalue weighted by Crippen LogP contribution is -2.43. The van der Waals surface area contributed by atoms with Crippen LogP contribution in [0.2, 0.25) is 0 Å². The third-order valence-electron chi connectivity index (χ3n) is 2.29.